The Labute approximate surface area is 82.5 Å². The van der Waals surface area contributed by atoms with Gasteiger partial charge in [0.25, 0.3) is 0 Å². The highest BCUT2D eigenvalue weighted by molar-refractivity contribution is 4.68. The van der Waals surface area contributed by atoms with Crippen LogP contribution >= 0.6 is 0 Å². The zero-order valence-electron chi connectivity index (χ0n) is 9.43. The maximum atomic E-state index is 4.68. The van der Waals surface area contributed by atoms with Gasteiger partial charge in [-0.25, -0.2) is 9.78 Å². The summed E-state index contributed by atoms with van der Waals surface area (Å²) < 4.78 is 0. The molecule has 0 rings (SSSR count). The Kier molecular flexibility index (Phi) is 7.29. The fourth-order valence-corrected chi connectivity index (χ4v) is 1.58. The molecule has 0 heterocycles. The van der Waals surface area contributed by atoms with E-state index in [4.69, 9.17) is 0 Å². The van der Waals surface area contributed by atoms with Gasteiger partial charge in [-0.15, -0.1) is 0 Å². The van der Waals surface area contributed by atoms with Crippen LogP contribution < -0.4 is 0 Å². The largest absolute Gasteiger partial charge is 0.240 e. The molecule has 0 aromatic heterocycles. The van der Waals surface area contributed by atoms with Gasteiger partial charge in [0.05, 0.1) is 7.11 Å². The lowest BCUT2D eigenvalue weighted by molar-refractivity contribution is -0.245. The molecule has 0 fully saturated rings. The predicted molar refractivity (Wildman–Crippen MR) is 54.9 cm³/mol. The van der Waals surface area contributed by atoms with Crippen LogP contribution in [0.15, 0.2) is 0 Å². The molecule has 2 heteroatoms. The van der Waals surface area contributed by atoms with Crippen molar-refractivity contribution < 1.29 is 9.78 Å². The fourth-order valence-electron chi connectivity index (χ4n) is 1.58. The van der Waals surface area contributed by atoms with Gasteiger partial charge in [-0.05, 0) is 24.7 Å². The Morgan fingerprint density at radius 1 is 1.23 bits per heavy atom. The van der Waals surface area contributed by atoms with Crippen molar-refractivity contribution in [1.82, 2.24) is 0 Å². The topological polar surface area (TPSA) is 18.5 Å². The Bertz CT molecular complexity index is 111. The van der Waals surface area contributed by atoms with Gasteiger partial charge in [-0.2, -0.15) is 0 Å². The molecule has 0 amide bonds. The van der Waals surface area contributed by atoms with E-state index < -0.39 is 0 Å². The quantitative estimate of drug-likeness (QED) is 0.327. The molecule has 0 aliphatic rings. The maximum absolute atomic E-state index is 4.68. The van der Waals surface area contributed by atoms with Crippen molar-refractivity contribution in [3.63, 3.8) is 0 Å². The van der Waals surface area contributed by atoms with Crippen molar-refractivity contribution in [3.8, 4) is 0 Å². The van der Waals surface area contributed by atoms with E-state index >= 15 is 0 Å². The molecule has 0 atom stereocenters. The summed E-state index contributed by atoms with van der Waals surface area (Å²) in [6.07, 6.45) is 5.98. The van der Waals surface area contributed by atoms with E-state index in [1.54, 1.807) is 6.61 Å². The molecule has 2 nitrogen and oxygen atoms in total. The molecule has 13 heavy (non-hydrogen) atoms. The highest BCUT2D eigenvalue weighted by Crippen LogP contribution is 2.28. The Balaban J connectivity index is 3.29. The summed E-state index contributed by atoms with van der Waals surface area (Å²) in [4.78, 5) is 9.15. The first-order valence-electron chi connectivity index (χ1n) is 5.13. The van der Waals surface area contributed by atoms with Gasteiger partial charge in [0.2, 0.25) is 0 Å². The van der Waals surface area contributed by atoms with Gasteiger partial charge < -0.3 is 0 Å². The number of rotatable bonds is 8. The average Bonchev–Trinajstić information content (AvgIpc) is 2.04. The van der Waals surface area contributed by atoms with Crippen LogP contribution in [-0.4, -0.2) is 7.11 Å². The van der Waals surface area contributed by atoms with Crippen LogP contribution in [0.5, 0.6) is 0 Å². The second kappa shape index (κ2) is 7.34. The predicted octanol–water partition coefficient (Wildman–Crippen LogP) is 3.72. The van der Waals surface area contributed by atoms with E-state index in [0.29, 0.717) is 5.41 Å². The number of hydrogen-bond acceptors (Lipinski definition) is 2. The summed E-state index contributed by atoms with van der Waals surface area (Å²) in [5, 5.41) is 0. The van der Waals surface area contributed by atoms with E-state index in [9.17, 15) is 0 Å². The molecule has 0 unspecified atom stereocenters. The number of unbranched alkanes of at least 4 members (excludes halogenated alkanes) is 1. The second-order valence-electron chi connectivity index (χ2n) is 4.24. The first-order chi connectivity index (χ1) is 6.12. The highest BCUT2D eigenvalue weighted by Gasteiger charge is 2.15. The third kappa shape index (κ3) is 8.26. The molecule has 0 N–H and O–H groups in total. The normalized spacial score (nSPS) is 12.0. The van der Waals surface area contributed by atoms with Gasteiger partial charge >= 0.3 is 0 Å². The first-order valence-corrected chi connectivity index (χ1v) is 5.13. The molecular weight excluding hydrogens is 164 g/mol. The zero-order chi connectivity index (χ0) is 10.2. The van der Waals surface area contributed by atoms with Gasteiger partial charge in [-0.1, -0.05) is 33.6 Å². The summed E-state index contributed by atoms with van der Waals surface area (Å²) in [6, 6.07) is 0. The molecule has 0 aliphatic carbocycles. The second-order valence-corrected chi connectivity index (χ2v) is 4.24. The summed E-state index contributed by atoms with van der Waals surface area (Å²) in [5.74, 6) is 0. The van der Waals surface area contributed by atoms with Gasteiger partial charge in [-0.3, -0.25) is 0 Å². The third-order valence-corrected chi connectivity index (χ3v) is 2.27. The molecule has 0 bridgehead atoms. The highest BCUT2D eigenvalue weighted by atomic mass is 17.2. The van der Waals surface area contributed by atoms with Crippen LogP contribution in [0.2, 0.25) is 0 Å². The van der Waals surface area contributed by atoms with Crippen LogP contribution in [0.4, 0.5) is 0 Å². The SMILES string of the molecule is CCCC(C)(C)CCC[CH]OOC. The summed E-state index contributed by atoms with van der Waals surface area (Å²) >= 11 is 0. The van der Waals surface area contributed by atoms with Crippen molar-refractivity contribution >= 4 is 0 Å². The van der Waals surface area contributed by atoms with Crippen LogP contribution in [0, 0.1) is 12.0 Å². The molecule has 0 aromatic carbocycles. The molecule has 0 spiro atoms. The van der Waals surface area contributed by atoms with E-state index in [0.717, 1.165) is 6.42 Å². The van der Waals surface area contributed by atoms with Crippen LogP contribution in [0.3, 0.4) is 0 Å². The van der Waals surface area contributed by atoms with Crippen LogP contribution in [-0.2, 0) is 9.78 Å². The minimum atomic E-state index is 0.482. The van der Waals surface area contributed by atoms with E-state index in [2.05, 4.69) is 30.5 Å². The maximum Gasteiger partial charge on any atom is 0.122 e. The minimum Gasteiger partial charge on any atom is -0.240 e. The molecule has 0 aromatic rings. The molecular formula is C11H23O2. The van der Waals surface area contributed by atoms with Crippen molar-refractivity contribution in [2.75, 3.05) is 7.11 Å². The summed E-state index contributed by atoms with van der Waals surface area (Å²) in [7, 11) is 1.53. The third-order valence-electron chi connectivity index (χ3n) is 2.27. The van der Waals surface area contributed by atoms with Crippen molar-refractivity contribution in [2.24, 2.45) is 5.41 Å². The molecule has 0 saturated heterocycles. The average molecular weight is 187 g/mol. The fraction of sp³-hybridized carbons (Fsp3) is 0.909. The van der Waals surface area contributed by atoms with Crippen LogP contribution in [0.25, 0.3) is 0 Å². The van der Waals surface area contributed by atoms with E-state index in [1.165, 1.54) is 32.8 Å². The lowest BCUT2D eigenvalue weighted by Crippen LogP contribution is -2.10. The van der Waals surface area contributed by atoms with Crippen molar-refractivity contribution in [3.05, 3.63) is 6.61 Å². The standard InChI is InChI=1S/C11H23O2/c1-5-8-11(2,3)9-6-7-10-13-12-4/h10H,5-9H2,1-4H3. The molecule has 0 aliphatic heterocycles. The summed E-state index contributed by atoms with van der Waals surface area (Å²) in [6.45, 7) is 8.62. The smallest absolute Gasteiger partial charge is 0.122 e. The molecule has 79 valence electrons. The first kappa shape index (κ1) is 12.9. The van der Waals surface area contributed by atoms with Gasteiger partial charge in [0, 0.05) is 0 Å². The van der Waals surface area contributed by atoms with Crippen LogP contribution in [0.1, 0.15) is 52.9 Å². The Morgan fingerprint density at radius 3 is 2.46 bits per heavy atom. The Morgan fingerprint density at radius 2 is 1.92 bits per heavy atom. The summed E-state index contributed by atoms with van der Waals surface area (Å²) in [5.41, 5.74) is 0.482. The molecule has 0 saturated carbocycles. The monoisotopic (exact) mass is 187 g/mol. The van der Waals surface area contributed by atoms with Crippen molar-refractivity contribution in [2.45, 2.75) is 52.9 Å². The van der Waals surface area contributed by atoms with E-state index in [1.807, 2.05) is 0 Å². The minimum absolute atomic E-state index is 0.482. The lowest BCUT2D eigenvalue weighted by atomic mass is 9.83. The lowest BCUT2D eigenvalue weighted by Gasteiger charge is -2.23. The van der Waals surface area contributed by atoms with Crippen molar-refractivity contribution in [1.29, 1.82) is 0 Å². The van der Waals surface area contributed by atoms with Gasteiger partial charge in [0.1, 0.15) is 6.61 Å². The van der Waals surface area contributed by atoms with Gasteiger partial charge in [0.15, 0.2) is 0 Å². The number of hydrogen-bond donors (Lipinski definition) is 0. The van der Waals surface area contributed by atoms with E-state index in [-0.39, 0.29) is 0 Å². The Hall–Kier alpha value is -0.0800. The molecule has 1 radical (unpaired) electrons. The zero-order valence-corrected chi connectivity index (χ0v) is 9.43.